The van der Waals surface area contributed by atoms with Gasteiger partial charge >= 0.3 is 5.97 Å². The Morgan fingerprint density at radius 3 is 3.29 bits per heavy atom. The van der Waals surface area contributed by atoms with Crippen LogP contribution in [0.2, 0.25) is 0 Å². The maximum atomic E-state index is 11.1. The molecule has 1 aliphatic rings. The average molecular weight is 255 g/mol. The minimum Gasteiger partial charge on any atom is -0.469 e. The van der Waals surface area contributed by atoms with E-state index in [0.717, 1.165) is 43.4 Å². The first-order valence-corrected chi connectivity index (χ1v) is 6.64. The van der Waals surface area contributed by atoms with Crippen molar-refractivity contribution in [2.75, 3.05) is 38.2 Å². The van der Waals surface area contributed by atoms with Crippen molar-refractivity contribution in [2.45, 2.75) is 12.8 Å². The van der Waals surface area contributed by atoms with Gasteiger partial charge in [0.05, 0.1) is 19.2 Å². The van der Waals surface area contributed by atoms with Crippen LogP contribution in [0.1, 0.15) is 12.1 Å². The first kappa shape index (κ1) is 12.3. The third-order valence-corrected chi connectivity index (χ3v) is 3.65. The summed E-state index contributed by atoms with van der Waals surface area (Å²) in [6, 6.07) is 0. The zero-order valence-corrected chi connectivity index (χ0v) is 10.8. The van der Waals surface area contributed by atoms with Crippen LogP contribution in [0.25, 0.3) is 0 Å². The van der Waals surface area contributed by atoms with E-state index in [2.05, 4.69) is 19.9 Å². The molecule has 2 rings (SSSR count). The van der Waals surface area contributed by atoms with Gasteiger partial charge in [0.25, 0.3) is 0 Å². The van der Waals surface area contributed by atoms with Crippen molar-refractivity contribution in [1.29, 1.82) is 0 Å². The molecule has 0 atom stereocenters. The molecule has 0 aliphatic carbocycles. The fourth-order valence-electron chi connectivity index (χ4n) is 1.78. The number of aromatic nitrogens is 1. The summed E-state index contributed by atoms with van der Waals surface area (Å²) < 4.78 is 4.63. The van der Waals surface area contributed by atoms with Crippen molar-refractivity contribution in [1.82, 2.24) is 10.3 Å². The third kappa shape index (κ3) is 3.41. The van der Waals surface area contributed by atoms with Gasteiger partial charge in [-0.05, 0) is 13.0 Å². The van der Waals surface area contributed by atoms with E-state index in [-0.39, 0.29) is 12.4 Å². The average Bonchev–Trinajstić information content (AvgIpc) is 2.63. The number of rotatable bonds is 3. The number of nitrogens with zero attached hydrogens (tertiary/aromatic N) is 2. The molecule has 6 heteroatoms. The maximum absolute atomic E-state index is 11.1. The van der Waals surface area contributed by atoms with E-state index >= 15 is 0 Å². The van der Waals surface area contributed by atoms with Gasteiger partial charge in [-0.1, -0.05) is 0 Å². The first-order chi connectivity index (χ1) is 8.29. The Hall–Kier alpha value is -1.14. The normalized spacial score (nSPS) is 16.6. The van der Waals surface area contributed by atoms with Gasteiger partial charge in [-0.3, -0.25) is 4.79 Å². The highest BCUT2D eigenvalue weighted by Crippen LogP contribution is 2.21. The second-order valence-corrected chi connectivity index (χ2v) is 4.80. The van der Waals surface area contributed by atoms with Crippen molar-refractivity contribution in [2.24, 2.45) is 0 Å². The predicted molar refractivity (Wildman–Crippen MR) is 67.5 cm³/mol. The first-order valence-electron chi connectivity index (χ1n) is 5.76. The molecule has 1 aromatic rings. The van der Waals surface area contributed by atoms with Gasteiger partial charge in [-0.2, -0.15) is 0 Å². The van der Waals surface area contributed by atoms with E-state index in [1.54, 1.807) is 11.3 Å². The van der Waals surface area contributed by atoms with Crippen LogP contribution in [0, 0.1) is 0 Å². The Morgan fingerprint density at radius 2 is 2.47 bits per heavy atom. The number of carbonyl (C=O) groups excluding carboxylic acids is 1. The number of hydrogen-bond donors (Lipinski definition) is 1. The van der Waals surface area contributed by atoms with E-state index in [1.807, 2.05) is 5.38 Å². The molecule has 5 nitrogen and oxygen atoms in total. The fourth-order valence-corrected chi connectivity index (χ4v) is 2.66. The standard InChI is InChI=1S/C11H17N3O2S/c1-16-10(15)7-9-8-17-11(13-9)14-5-2-3-12-4-6-14/h8,12H,2-7H2,1H3. The van der Waals surface area contributed by atoms with Crippen molar-refractivity contribution >= 4 is 22.4 Å². The Labute approximate surface area is 105 Å². The molecule has 1 saturated heterocycles. The SMILES string of the molecule is COC(=O)Cc1csc(N2CCCNCC2)n1. The molecule has 1 aromatic heterocycles. The molecule has 1 N–H and O–H groups in total. The molecule has 0 saturated carbocycles. The number of methoxy groups -OCH3 is 1. The Kier molecular flexibility index (Phi) is 4.33. The highest BCUT2D eigenvalue weighted by molar-refractivity contribution is 7.13. The van der Waals surface area contributed by atoms with Crippen molar-refractivity contribution in [3.05, 3.63) is 11.1 Å². The van der Waals surface area contributed by atoms with E-state index in [4.69, 9.17) is 0 Å². The number of ether oxygens (including phenoxy) is 1. The molecule has 2 heterocycles. The van der Waals surface area contributed by atoms with Gasteiger partial charge in [-0.15, -0.1) is 11.3 Å². The second kappa shape index (κ2) is 5.97. The van der Waals surface area contributed by atoms with Crippen LogP contribution >= 0.6 is 11.3 Å². The number of hydrogen-bond acceptors (Lipinski definition) is 6. The van der Waals surface area contributed by atoms with Crippen LogP contribution in [0.4, 0.5) is 5.13 Å². The van der Waals surface area contributed by atoms with Gasteiger partial charge in [0.1, 0.15) is 0 Å². The third-order valence-electron chi connectivity index (χ3n) is 2.70. The van der Waals surface area contributed by atoms with Gasteiger partial charge in [0.2, 0.25) is 0 Å². The van der Waals surface area contributed by atoms with Gasteiger partial charge in [0.15, 0.2) is 5.13 Å². The van der Waals surface area contributed by atoms with Crippen molar-refractivity contribution in [3.8, 4) is 0 Å². The number of esters is 1. The molecular weight excluding hydrogens is 238 g/mol. The fraction of sp³-hybridized carbons (Fsp3) is 0.636. The van der Waals surface area contributed by atoms with Crippen LogP contribution < -0.4 is 10.2 Å². The molecule has 0 unspecified atom stereocenters. The van der Waals surface area contributed by atoms with Gasteiger partial charge in [0, 0.05) is 25.0 Å². The summed E-state index contributed by atoms with van der Waals surface area (Å²) in [6.45, 7) is 4.06. The van der Waals surface area contributed by atoms with Gasteiger partial charge in [-0.25, -0.2) is 4.98 Å². The highest BCUT2D eigenvalue weighted by atomic mass is 32.1. The topological polar surface area (TPSA) is 54.5 Å². The summed E-state index contributed by atoms with van der Waals surface area (Å²) >= 11 is 1.60. The summed E-state index contributed by atoms with van der Waals surface area (Å²) in [5.74, 6) is -0.237. The number of carbonyl (C=O) groups is 1. The summed E-state index contributed by atoms with van der Waals surface area (Å²) in [4.78, 5) is 17.9. The van der Waals surface area contributed by atoms with Crippen molar-refractivity contribution in [3.63, 3.8) is 0 Å². The predicted octanol–water partition coefficient (Wildman–Crippen LogP) is 0.658. The van der Waals surface area contributed by atoms with Crippen LogP contribution in [0.3, 0.4) is 0 Å². The molecule has 0 aromatic carbocycles. The van der Waals surface area contributed by atoms with E-state index in [0.29, 0.717) is 0 Å². The smallest absolute Gasteiger partial charge is 0.311 e. The van der Waals surface area contributed by atoms with Crippen LogP contribution in [0.5, 0.6) is 0 Å². The van der Waals surface area contributed by atoms with E-state index in [9.17, 15) is 4.79 Å². The largest absolute Gasteiger partial charge is 0.469 e. The molecule has 17 heavy (non-hydrogen) atoms. The summed E-state index contributed by atoms with van der Waals surface area (Å²) in [5, 5.41) is 6.30. The summed E-state index contributed by atoms with van der Waals surface area (Å²) in [7, 11) is 1.40. The lowest BCUT2D eigenvalue weighted by Crippen LogP contribution is -2.27. The summed E-state index contributed by atoms with van der Waals surface area (Å²) in [6.07, 6.45) is 1.39. The van der Waals surface area contributed by atoms with Crippen LogP contribution in [-0.4, -0.2) is 44.2 Å². The molecule has 0 amide bonds. The molecule has 94 valence electrons. The summed E-state index contributed by atoms with van der Waals surface area (Å²) in [5.41, 5.74) is 0.800. The molecular formula is C11H17N3O2S. The number of nitrogens with one attached hydrogen (secondary N) is 1. The van der Waals surface area contributed by atoms with Crippen molar-refractivity contribution < 1.29 is 9.53 Å². The molecule has 0 bridgehead atoms. The minimum atomic E-state index is -0.237. The quantitative estimate of drug-likeness (QED) is 0.804. The molecule has 0 radical (unpaired) electrons. The zero-order valence-electron chi connectivity index (χ0n) is 9.94. The molecule has 1 aliphatic heterocycles. The van der Waals surface area contributed by atoms with Crippen LogP contribution in [0.15, 0.2) is 5.38 Å². The zero-order chi connectivity index (χ0) is 12.1. The number of anilines is 1. The Bertz CT molecular complexity index is 373. The lowest BCUT2D eigenvalue weighted by molar-refractivity contribution is -0.139. The Morgan fingerprint density at radius 1 is 1.59 bits per heavy atom. The number of thiazole rings is 1. The maximum Gasteiger partial charge on any atom is 0.311 e. The van der Waals surface area contributed by atoms with E-state index < -0.39 is 0 Å². The van der Waals surface area contributed by atoms with E-state index in [1.165, 1.54) is 7.11 Å². The Balaban J connectivity index is 1.98. The molecule has 1 fully saturated rings. The second-order valence-electron chi connectivity index (χ2n) is 3.96. The minimum absolute atomic E-state index is 0.237. The lowest BCUT2D eigenvalue weighted by Gasteiger charge is -2.18. The lowest BCUT2D eigenvalue weighted by atomic mass is 10.3. The van der Waals surface area contributed by atoms with Crippen LogP contribution in [-0.2, 0) is 16.0 Å². The van der Waals surface area contributed by atoms with Gasteiger partial charge < -0.3 is 15.0 Å². The highest BCUT2D eigenvalue weighted by Gasteiger charge is 2.14. The monoisotopic (exact) mass is 255 g/mol. The molecule has 0 spiro atoms.